The molecule has 12 rings (SSSR count). The zero-order valence-corrected chi connectivity index (χ0v) is 44.7. The Hall–Kier alpha value is -8.92. The van der Waals surface area contributed by atoms with E-state index in [4.69, 9.17) is 4.98 Å². The number of nitrogens with zero attached hydrogens (tertiary/aromatic N) is 3. The van der Waals surface area contributed by atoms with Gasteiger partial charge in [0, 0.05) is 18.6 Å². The third kappa shape index (κ3) is 10.3. The molecule has 3 nitrogen and oxygen atoms in total. The smallest absolute Gasteiger partial charge is 0.305 e. The van der Waals surface area contributed by atoms with E-state index in [1.807, 2.05) is 30.7 Å². The van der Waals surface area contributed by atoms with Gasteiger partial charge in [-0.15, -0.1) is 83.4 Å². The largest absolute Gasteiger partial charge is 3.00 e. The summed E-state index contributed by atoms with van der Waals surface area (Å²) in [6.07, 6.45) is 5.65. The van der Waals surface area contributed by atoms with E-state index in [0.29, 0.717) is 0 Å². The Morgan fingerprint density at radius 3 is 1.17 bits per heavy atom. The monoisotopic (exact) mass is 1150 g/mol. The fourth-order valence-corrected chi connectivity index (χ4v) is 10.1. The maximum absolute atomic E-state index is 4.84. The summed E-state index contributed by atoms with van der Waals surface area (Å²) in [4.78, 5) is 14.1. The number of aromatic nitrogens is 3. The molecule has 0 unspecified atom stereocenters. The molecule has 0 bridgehead atoms. The van der Waals surface area contributed by atoms with Crippen LogP contribution >= 0.6 is 0 Å². The second kappa shape index (κ2) is 21.9. The minimum Gasteiger partial charge on any atom is -0.305 e. The van der Waals surface area contributed by atoms with Crippen LogP contribution in [0.1, 0.15) is 16.7 Å². The molecule has 0 atom stereocenters. The molecule has 0 aliphatic rings. The number of hydrogen-bond acceptors (Lipinski definition) is 3. The fraction of sp³-hybridized carbons (Fsp3) is 0.0417. The number of hydrogen-bond donors (Lipinski definition) is 0. The van der Waals surface area contributed by atoms with Crippen LogP contribution in [0.25, 0.3) is 123 Å². The van der Waals surface area contributed by atoms with E-state index in [1.165, 1.54) is 22.3 Å². The number of rotatable bonds is 11. The van der Waals surface area contributed by atoms with Crippen molar-refractivity contribution in [2.45, 2.75) is 20.8 Å². The molecule has 0 saturated heterocycles. The summed E-state index contributed by atoms with van der Waals surface area (Å²) in [5, 5.41) is 0. The summed E-state index contributed by atoms with van der Waals surface area (Å²) in [7, 11) is 0. The molecule has 3 aromatic heterocycles. The van der Waals surface area contributed by atoms with Crippen molar-refractivity contribution in [2.24, 2.45) is 0 Å². The summed E-state index contributed by atoms with van der Waals surface area (Å²) < 4.78 is 0. The standard InChI is InChI=1S/C72H50N3.Ir/c1-48-37-39-73-71(41-48)56-30-26-53(27-31-56)62-15-7-9-17-64(62)59-43-60(65-18-10-8-16-63(65)54-28-32-57(33-29-54)72-42-49(2)38-40-74-72)45-61(44-59)66-19-11-12-20-67(66)68-35-34-58(70-36-21-50(3)47-75-70)46-69(68)55-24-22-52(23-25-55)51-13-5-4-6-14-51;/h4-30,32,35-47H,1-3H3;/q-3;+3. The van der Waals surface area contributed by atoms with Gasteiger partial charge in [0.15, 0.2) is 0 Å². The molecule has 9 aromatic carbocycles. The Balaban J connectivity index is 0.00000616. The van der Waals surface area contributed by atoms with E-state index in [9.17, 15) is 0 Å². The van der Waals surface area contributed by atoms with Crippen molar-refractivity contribution in [3.8, 4) is 123 Å². The molecule has 3 heterocycles. The van der Waals surface area contributed by atoms with E-state index >= 15 is 0 Å². The molecule has 0 fully saturated rings. The molecule has 0 aliphatic heterocycles. The molecule has 362 valence electrons. The van der Waals surface area contributed by atoms with Gasteiger partial charge < -0.3 is 15.0 Å². The second-order valence-electron chi connectivity index (χ2n) is 19.2. The zero-order chi connectivity index (χ0) is 50.7. The summed E-state index contributed by atoms with van der Waals surface area (Å²) in [5.41, 5.74) is 26.8. The molecular formula is C72H50IrN3. The topological polar surface area (TPSA) is 38.7 Å². The molecule has 0 aliphatic carbocycles. The second-order valence-corrected chi connectivity index (χ2v) is 19.2. The van der Waals surface area contributed by atoms with Crippen molar-refractivity contribution >= 4 is 0 Å². The van der Waals surface area contributed by atoms with Gasteiger partial charge in [-0.2, -0.15) is 0 Å². The summed E-state index contributed by atoms with van der Waals surface area (Å²) in [6, 6.07) is 93.3. The molecular weight excluding hydrogens is 1100 g/mol. The third-order valence-corrected chi connectivity index (χ3v) is 14.0. The van der Waals surface area contributed by atoms with Gasteiger partial charge in [-0.3, -0.25) is 0 Å². The minimum atomic E-state index is 0. The van der Waals surface area contributed by atoms with Crippen LogP contribution in [0, 0.1) is 39.0 Å². The Bertz CT molecular complexity index is 3840. The Morgan fingerprint density at radius 1 is 0.263 bits per heavy atom. The first-order valence-electron chi connectivity index (χ1n) is 25.4. The van der Waals surface area contributed by atoms with Gasteiger partial charge in [-0.25, -0.2) is 0 Å². The average Bonchev–Trinajstić information content (AvgIpc) is 3.49. The molecule has 0 spiro atoms. The molecule has 12 aromatic rings. The summed E-state index contributed by atoms with van der Waals surface area (Å²) in [5.74, 6) is 0. The van der Waals surface area contributed by atoms with Gasteiger partial charge in [0.25, 0.3) is 0 Å². The first-order chi connectivity index (χ1) is 36.9. The maximum Gasteiger partial charge on any atom is 3.00 e. The quantitative estimate of drug-likeness (QED) is 0.121. The first-order valence-corrected chi connectivity index (χ1v) is 25.4. The predicted molar refractivity (Wildman–Crippen MR) is 310 cm³/mol. The van der Waals surface area contributed by atoms with Gasteiger partial charge >= 0.3 is 20.1 Å². The van der Waals surface area contributed by atoms with Crippen molar-refractivity contribution in [3.05, 3.63) is 284 Å². The summed E-state index contributed by atoms with van der Waals surface area (Å²) >= 11 is 0. The first kappa shape index (κ1) is 49.3. The van der Waals surface area contributed by atoms with Gasteiger partial charge in [-0.1, -0.05) is 202 Å². The molecule has 4 heteroatoms. The van der Waals surface area contributed by atoms with E-state index in [-0.39, 0.29) is 20.1 Å². The van der Waals surface area contributed by atoms with Crippen LogP contribution in [-0.2, 0) is 20.1 Å². The molecule has 0 amide bonds. The van der Waals surface area contributed by atoms with Gasteiger partial charge in [0.1, 0.15) is 0 Å². The van der Waals surface area contributed by atoms with Crippen LogP contribution in [0.3, 0.4) is 0 Å². The van der Waals surface area contributed by atoms with Crippen molar-refractivity contribution in [2.75, 3.05) is 0 Å². The number of aryl methyl sites for hydroxylation is 3. The fourth-order valence-electron chi connectivity index (χ4n) is 10.1. The van der Waals surface area contributed by atoms with E-state index in [0.717, 1.165) is 117 Å². The molecule has 76 heavy (non-hydrogen) atoms. The van der Waals surface area contributed by atoms with Crippen LogP contribution in [-0.4, -0.2) is 15.0 Å². The predicted octanol–water partition coefficient (Wildman–Crippen LogP) is 18.5. The van der Waals surface area contributed by atoms with Gasteiger partial charge in [-0.05, 0) is 124 Å². The van der Waals surface area contributed by atoms with Crippen molar-refractivity contribution < 1.29 is 20.1 Å². The Labute approximate surface area is 459 Å². The van der Waals surface area contributed by atoms with Crippen molar-refractivity contribution in [1.29, 1.82) is 0 Å². The normalized spacial score (nSPS) is 11.0. The Kier molecular flexibility index (Phi) is 14.2. The number of pyridine rings is 3. The molecule has 0 N–H and O–H groups in total. The maximum atomic E-state index is 4.84. The Morgan fingerprint density at radius 2 is 0.697 bits per heavy atom. The van der Waals surface area contributed by atoms with E-state index in [2.05, 4.69) is 267 Å². The van der Waals surface area contributed by atoms with E-state index < -0.39 is 0 Å². The number of benzene rings is 9. The average molecular weight is 1150 g/mol. The zero-order valence-electron chi connectivity index (χ0n) is 42.3. The van der Waals surface area contributed by atoms with Crippen molar-refractivity contribution in [3.63, 3.8) is 0 Å². The van der Waals surface area contributed by atoms with Crippen LogP contribution < -0.4 is 0 Å². The minimum absolute atomic E-state index is 0. The van der Waals surface area contributed by atoms with Crippen molar-refractivity contribution in [1.82, 2.24) is 15.0 Å². The molecule has 0 saturated carbocycles. The summed E-state index contributed by atoms with van der Waals surface area (Å²) in [6.45, 7) is 6.25. The molecule has 0 radical (unpaired) electrons. The van der Waals surface area contributed by atoms with Gasteiger partial charge in [0.05, 0.1) is 0 Å². The van der Waals surface area contributed by atoms with Crippen LogP contribution in [0.5, 0.6) is 0 Å². The van der Waals surface area contributed by atoms with Crippen LogP contribution in [0.2, 0.25) is 0 Å². The van der Waals surface area contributed by atoms with Gasteiger partial charge in [0.2, 0.25) is 0 Å². The third-order valence-electron chi connectivity index (χ3n) is 14.0. The van der Waals surface area contributed by atoms with Crippen LogP contribution in [0.15, 0.2) is 249 Å². The van der Waals surface area contributed by atoms with E-state index in [1.54, 1.807) is 0 Å². The van der Waals surface area contributed by atoms with Crippen LogP contribution in [0.4, 0.5) is 0 Å². The SMILES string of the molecule is Cc1ccc(-c2[c-]cc(-c3ccccc3-c3cc(-c4ccccc4-c4c[c-]c(-c5cc(C)ccn5)cc4)cc(-c4ccccc4-c4c[c-]c(-c5cc(C)ccn5)cc4)c3)c(-c3ccc(-c4ccccc4)cc3)c2)nc1.[Ir+3].